The van der Waals surface area contributed by atoms with Crippen LogP contribution >= 0.6 is 23.4 Å². The van der Waals surface area contributed by atoms with E-state index < -0.39 is 0 Å². The standard InChI is InChI=1S/C12H14ClN3S/c1-16-12(5-6-15-16)11(14)8-17-10-4-2-3-9(13)7-10/h2-7,11H,8,14H2,1H3. The largest absolute Gasteiger partial charge is 0.322 e. The molecule has 2 aromatic rings. The second kappa shape index (κ2) is 5.58. The number of aromatic nitrogens is 2. The molecule has 1 aromatic carbocycles. The molecular weight excluding hydrogens is 254 g/mol. The van der Waals surface area contributed by atoms with Crippen LogP contribution in [0, 0.1) is 0 Å². The number of nitrogens with two attached hydrogens (primary N) is 1. The molecule has 0 saturated carbocycles. The van der Waals surface area contributed by atoms with Crippen LogP contribution in [0.25, 0.3) is 0 Å². The summed E-state index contributed by atoms with van der Waals surface area (Å²) in [5.74, 6) is 0.805. The molecule has 0 bridgehead atoms. The first kappa shape index (κ1) is 12.5. The van der Waals surface area contributed by atoms with Crippen LogP contribution in [-0.2, 0) is 7.05 Å². The van der Waals surface area contributed by atoms with Crippen LogP contribution < -0.4 is 5.73 Å². The van der Waals surface area contributed by atoms with Crippen LogP contribution in [0.1, 0.15) is 11.7 Å². The lowest BCUT2D eigenvalue weighted by Gasteiger charge is -2.11. The fraction of sp³-hybridized carbons (Fsp3) is 0.250. The van der Waals surface area contributed by atoms with Gasteiger partial charge in [-0.3, -0.25) is 4.68 Å². The van der Waals surface area contributed by atoms with Gasteiger partial charge in [-0.05, 0) is 24.3 Å². The first-order valence-corrected chi connectivity index (χ1v) is 6.65. The summed E-state index contributed by atoms with van der Waals surface area (Å²) in [6, 6.07) is 9.72. The van der Waals surface area contributed by atoms with Gasteiger partial charge in [-0.1, -0.05) is 17.7 Å². The Balaban J connectivity index is 1.97. The summed E-state index contributed by atoms with van der Waals surface area (Å²) in [6.45, 7) is 0. The Bertz CT molecular complexity index is 498. The highest BCUT2D eigenvalue weighted by Crippen LogP contribution is 2.25. The molecule has 3 nitrogen and oxygen atoms in total. The zero-order valence-corrected chi connectivity index (χ0v) is 11.1. The summed E-state index contributed by atoms with van der Waals surface area (Å²) in [5, 5.41) is 4.87. The van der Waals surface area contributed by atoms with Gasteiger partial charge in [0.25, 0.3) is 0 Å². The number of hydrogen-bond donors (Lipinski definition) is 1. The second-order valence-electron chi connectivity index (χ2n) is 3.75. The average molecular weight is 268 g/mol. The molecule has 1 atom stereocenters. The van der Waals surface area contributed by atoms with E-state index in [2.05, 4.69) is 5.10 Å². The van der Waals surface area contributed by atoms with Gasteiger partial charge in [0.05, 0.1) is 11.7 Å². The molecule has 0 amide bonds. The van der Waals surface area contributed by atoms with E-state index in [0.29, 0.717) is 0 Å². The zero-order valence-electron chi connectivity index (χ0n) is 9.51. The Hall–Kier alpha value is -0.970. The van der Waals surface area contributed by atoms with Gasteiger partial charge in [-0.15, -0.1) is 11.8 Å². The van der Waals surface area contributed by atoms with Crippen molar-refractivity contribution in [2.45, 2.75) is 10.9 Å². The van der Waals surface area contributed by atoms with Crippen LogP contribution in [-0.4, -0.2) is 15.5 Å². The molecule has 0 aliphatic rings. The first-order chi connectivity index (χ1) is 8.16. The minimum atomic E-state index is -0.0218. The quantitative estimate of drug-likeness (QED) is 0.867. The Kier molecular flexibility index (Phi) is 4.10. The third-order valence-electron chi connectivity index (χ3n) is 2.46. The van der Waals surface area contributed by atoms with Crippen LogP contribution in [0.15, 0.2) is 41.4 Å². The summed E-state index contributed by atoms with van der Waals surface area (Å²) < 4.78 is 1.81. The maximum Gasteiger partial charge on any atom is 0.0562 e. The normalized spacial score (nSPS) is 12.6. The number of aryl methyl sites for hydroxylation is 1. The maximum atomic E-state index is 6.11. The molecule has 2 N–H and O–H groups in total. The van der Waals surface area contributed by atoms with Crippen molar-refractivity contribution in [3.8, 4) is 0 Å². The van der Waals surface area contributed by atoms with Gasteiger partial charge in [-0.2, -0.15) is 5.10 Å². The van der Waals surface area contributed by atoms with Gasteiger partial charge >= 0.3 is 0 Å². The lowest BCUT2D eigenvalue weighted by molar-refractivity contribution is 0.659. The van der Waals surface area contributed by atoms with Gasteiger partial charge in [0, 0.05) is 28.9 Å². The SMILES string of the molecule is Cn1nccc1C(N)CSc1cccc(Cl)c1. The smallest absolute Gasteiger partial charge is 0.0562 e. The van der Waals surface area contributed by atoms with Crippen molar-refractivity contribution in [1.29, 1.82) is 0 Å². The molecule has 1 aromatic heterocycles. The van der Waals surface area contributed by atoms with Crippen LogP contribution in [0.4, 0.5) is 0 Å². The highest BCUT2D eigenvalue weighted by molar-refractivity contribution is 7.99. The molecule has 0 radical (unpaired) electrons. The number of nitrogens with zero attached hydrogens (tertiary/aromatic N) is 2. The van der Waals surface area contributed by atoms with E-state index >= 15 is 0 Å². The van der Waals surface area contributed by atoms with E-state index in [1.165, 1.54) is 0 Å². The summed E-state index contributed by atoms with van der Waals surface area (Å²) in [7, 11) is 1.90. The summed E-state index contributed by atoms with van der Waals surface area (Å²) >= 11 is 7.63. The molecule has 1 unspecified atom stereocenters. The lowest BCUT2D eigenvalue weighted by Crippen LogP contribution is -2.16. The Morgan fingerprint density at radius 3 is 2.94 bits per heavy atom. The zero-order chi connectivity index (χ0) is 12.3. The van der Waals surface area contributed by atoms with E-state index in [4.69, 9.17) is 17.3 Å². The Labute approximate surface area is 110 Å². The minimum Gasteiger partial charge on any atom is -0.322 e. The minimum absolute atomic E-state index is 0.0218. The van der Waals surface area contributed by atoms with Crippen LogP contribution in [0.5, 0.6) is 0 Å². The van der Waals surface area contributed by atoms with E-state index in [1.54, 1.807) is 18.0 Å². The molecule has 0 aliphatic carbocycles. The third-order valence-corrected chi connectivity index (χ3v) is 3.81. The first-order valence-electron chi connectivity index (χ1n) is 5.28. The highest BCUT2D eigenvalue weighted by atomic mass is 35.5. The molecule has 2 rings (SSSR count). The molecule has 5 heteroatoms. The summed E-state index contributed by atoms with van der Waals surface area (Å²) in [4.78, 5) is 1.13. The summed E-state index contributed by atoms with van der Waals surface area (Å²) in [6.07, 6.45) is 1.76. The monoisotopic (exact) mass is 267 g/mol. The maximum absolute atomic E-state index is 6.11. The van der Waals surface area contributed by atoms with Crippen molar-refractivity contribution < 1.29 is 0 Å². The van der Waals surface area contributed by atoms with E-state index in [9.17, 15) is 0 Å². The van der Waals surface area contributed by atoms with Gasteiger partial charge in [0.2, 0.25) is 0 Å². The molecule has 0 aliphatic heterocycles. The Morgan fingerprint density at radius 2 is 2.29 bits per heavy atom. The van der Waals surface area contributed by atoms with E-state index in [1.807, 2.05) is 42.1 Å². The second-order valence-corrected chi connectivity index (χ2v) is 5.28. The number of hydrogen-bond acceptors (Lipinski definition) is 3. The van der Waals surface area contributed by atoms with Gasteiger partial charge in [0.1, 0.15) is 0 Å². The fourth-order valence-electron chi connectivity index (χ4n) is 1.58. The average Bonchev–Trinajstić information content (AvgIpc) is 2.72. The fourth-order valence-corrected chi connectivity index (χ4v) is 2.76. The molecule has 90 valence electrons. The topological polar surface area (TPSA) is 43.8 Å². The number of halogens is 1. The van der Waals surface area contributed by atoms with Crippen molar-refractivity contribution in [1.82, 2.24) is 9.78 Å². The molecular formula is C12H14ClN3S. The van der Waals surface area contributed by atoms with Crippen molar-refractivity contribution in [3.63, 3.8) is 0 Å². The Morgan fingerprint density at radius 1 is 1.47 bits per heavy atom. The van der Waals surface area contributed by atoms with Crippen molar-refractivity contribution >= 4 is 23.4 Å². The van der Waals surface area contributed by atoms with Gasteiger partial charge in [-0.25, -0.2) is 0 Å². The van der Waals surface area contributed by atoms with Crippen molar-refractivity contribution in [3.05, 3.63) is 47.2 Å². The number of thioether (sulfide) groups is 1. The lowest BCUT2D eigenvalue weighted by atomic mass is 10.2. The van der Waals surface area contributed by atoms with Gasteiger partial charge in [0.15, 0.2) is 0 Å². The summed E-state index contributed by atoms with van der Waals surface area (Å²) in [5.41, 5.74) is 7.15. The molecule has 0 fully saturated rings. The predicted octanol–water partition coefficient (Wildman–Crippen LogP) is 2.87. The van der Waals surface area contributed by atoms with E-state index in [0.717, 1.165) is 21.4 Å². The molecule has 0 spiro atoms. The number of benzene rings is 1. The third kappa shape index (κ3) is 3.25. The number of rotatable bonds is 4. The van der Waals surface area contributed by atoms with Crippen molar-refractivity contribution in [2.75, 3.05) is 5.75 Å². The molecule has 0 saturated heterocycles. The molecule has 1 heterocycles. The van der Waals surface area contributed by atoms with Gasteiger partial charge < -0.3 is 5.73 Å². The van der Waals surface area contributed by atoms with Crippen molar-refractivity contribution in [2.24, 2.45) is 12.8 Å². The highest BCUT2D eigenvalue weighted by Gasteiger charge is 2.10. The predicted molar refractivity (Wildman–Crippen MR) is 72.3 cm³/mol. The molecule has 17 heavy (non-hydrogen) atoms. The van der Waals surface area contributed by atoms with E-state index in [-0.39, 0.29) is 6.04 Å². The van der Waals surface area contributed by atoms with Crippen LogP contribution in [0.2, 0.25) is 5.02 Å². The van der Waals surface area contributed by atoms with Crippen LogP contribution in [0.3, 0.4) is 0 Å².